The average Bonchev–Trinajstić information content (AvgIpc) is 2.42. The second kappa shape index (κ2) is 6.06. The summed E-state index contributed by atoms with van der Waals surface area (Å²) in [5, 5.41) is 2.43. The molecule has 0 spiro atoms. The number of carbonyl (C=O) groups excluding carboxylic acids is 1. The first-order valence-electron chi connectivity index (χ1n) is 6.09. The van der Waals surface area contributed by atoms with E-state index in [4.69, 9.17) is 10.5 Å². The Labute approximate surface area is 116 Å². The zero-order valence-electron chi connectivity index (χ0n) is 11.0. The number of halogens is 1. The van der Waals surface area contributed by atoms with E-state index < -0.39 is 11.7 Å². The molecule has 2 rings (SSSR count). The number of hydrogen-bond acceptors (Lipinski definition) is 3. The zero-order chi connectivity index (χ0) is 14.5. The fourth-order valence-electron chi connectivity index (χ4n) is 1.66. The lowest BCUT2D eigenvalue weighted by atomic mass is 10.2. The highest BCUT2D eigenvalue weighted by Gasteiger charge is 2.08. The number of carbonyl (C=O) groups is 1. The largest absolute Gasteiger partial charge is 0.482 e. The lowest BCUT2D eigenvalue weighted by Gasteiger charge is -2.10. The predicted octanol–water partition coefficient (Wildman–Crippen LogP) is 2.73. The minimum absolute atomic E-state index is 0.123. The normalized spacial score (nSPS) is 10.1. The van der Waals surface area contributed by atoms with E-state index in [0.29, 0.717) is 11.4 Å². The standard InChI is InChI=1S/C15H15FN2O2/c1-10-6-7-12(17)14(8-10)20-9-15(19)18-13-5-3-2-4-11(13)16/h2-8H,9,17H2,1H3,(H,18,19). The Bertz CT molecular complexity index is 629. The summed E-state index contributed by atoms with van der Waals surface area (Å²) in [7, 11) is 0. The van der Waals surface area contributed by atoms with Gasteiger partial charge in [-0.3, -0.25) is 4.79 Å². The number of aryl methyl sites for hydroxylation is 1. The SMILES string of the molecule is Cc1ccc(N)c(OCC(=O)Nc2ccccc2F)c1. The van der Waals surface area contributed by atoms with E-state index in [-0.39, 0.29) is 12.3 Å². The summed E-state index contributed by atoms with van der Waals surface area (Å²) >= 11 is 0. The third-order valence-corrected chi connectivity index (χ3v) is 2.68. The van der Waals surface area contributed by atoms with E-state index >= 15 is 0 Å². The van der Waals surface area contributed by atoms with Gasteiger partial charge in [-0.1, -0.05) is 18.2 Å². The van der Waals surface area contributed by atoms with Crippen LogP contribution in [0.2, 0.25) is 0 Å². The van der Waals surface area contributed by atoms with Crippen molar-refractivity contribution in [3.05, 3.63) is 53.8 Å². The fourth-order valence-corrected chi connectivity index (χ4v) is 1.66. The van der Waals surface area contributed by atoms with E-state index in [1.165, 1.54) is 12.1 Å². The van der Waals surface area contributed by atoms with Gasteiger partial charge in [-0.25, -0.2) is 4.39 Å². The van der Waals surface area contributed by atoms with Gasteiger partial charge in [0.2, 0.25) is 0 Å². The number of nitrogens with two attached hydrogens (primary N) is 1. The maximum Gasteiger partial charge on any atom is 0.262 e. The molecule has 4 nitrogen and oxygen atoms in total. The minimum Gasteiger partial charge on any atom is -0.482 e. The molecule has 0 aliphatic heterocycles. The molecule has 0 unspecified atom stereocenters. The molecule has 5 heteroatoms. The molecule has 1 amide bonds. The second-order valence-electron chi connectivity index (χ2n) is 4.36. The van der Waals surface area contributed by atoms with Crippen LogP contribution < -0.4 is 15.8 Å². The molecule has 0 aromatic heterocycles. The molecule has 0 radical (unpaired) electrons. The summed E-state index contributed by atoms with van der Waals surface area (Å²) in [6, 6.07) is 11.2. The number of ether oxygens (including phenoxy) is 1. The maximum absolute atomic E-state index is 13.4. The van der Waals surface area contributed by atoms with E-state index in [1.54, 1.807) is 24.3 Å². The van der Waals surface area contributed by atoms with Crippen LogP contribution in [0.15, 0.2) is 42.5 Å². The van der Waals surface area contributed by atoms with Gasteiger partial charge < -0.3 is 15.8 Å². The quantitative estimate of drug-likeness (QED) is 0.842. The summed E-state index contributed by atoms with van der Waals surface area (Å²) < 4.78 is 18.7. The first-order chi connectivity index (χ1) is 9.56. The van der Waals surface area contributed by atoms with Gasteiger partial charge in [0.25, 0.3) is 5.91 Å². The van der Waals surface area contributed by atoms with Gasteiger partial charge in [0.1, 0.15) is 11.6 Å². The van der Waals surface area contributed by atoms with Crippen LogP contribution in [0.1, 0.15) is 5.56 Å². The highest BCUT2D eigenvalue weighted by molar-refractivity contribution is 5.92. The molecule has 0 saturated heterocycles. The molecule has 3 N–H and O–H groups in total. The molecule has 0 saturated carbocycles. The molecule has 104 valence electrons. The van der Waals surface area contributed by atoms with Crippen LogP contribution in [0.3, 0.4) is 0 Å². The molecule has 0 heterocycles. The van der Waals surface area contributed by atoms with Gasteiger partial charge in [0.05, 0.1) is 11.4 Å². The number of nitrogen functional groups attached to an aromatic ring is 1. The Morgan fingerprint density at radius 3 is 2.80 bits per heavy atom. The van der Waals surface area contributed by atoms with Gasteiger partial charge in [-0.15, -0.1) is 0 Å². The summed E-state index contributed by atoms with van der Waals surface area (Å²) in [5.74, 6) is -0.499. The van der Waals surface area contributed by atoms with Gasteiger partial charge in [0.15, 0.2) is 6.61 Å². The molecule has 0 bridgehead atoms. The van der Waals surface area contributed by atoms with Crippen molar-refractivity contribution in [2.45, 2.75) is 6.92 Å². The molecule has 0 aliphatic rings. The summed E-state index contributed by atoms with van der Waals surface area (Å²) in [5.41, 5.74) is 7.29. The van der Waals surface area contributed by atoms with E-state index in [9.17, 15) is 9.18 Å². The lowest BCUT2D eigenvalue weighted by Crippen LogP contribution is -2.21. The van der Waals surface area contributed by atoms with Crippen molar-refractivity contribution >= 4 is 17.3 Å². The number of benzene rings is 2. The molecule has 20 heavy (non-hydrogen) atoms. The Morgan fingerprint density at radius 2 is 2.05 bits per heavy atom. The fraction of sp³-hybridized carbons (Fsp3) is 0.133. The molecular formula is C15H15FN2O2. The van der Waals surface area contributed by atoms with E-state index in [0.717, 1.165) is 5.56 Å². The Kier molecular flexibility index (Phi) is 4.20. The number of nitrogens with one attached hydrogen (secondary N) is 1. The van der Waals surface area contributed by atoms with Gasteiger partial charge in [-0.05, 0) is 36.8 Å². The van der Waals surface area contributed by atoms with Crippen LogP contribution in [0.5, 0.6) is 5.75 Å². The molecule has 0 fully saturated rings. The van der Waals surface area contributed by atoms with Crippen LogP contribution in [-0.4, -0.2) is 12.5 Å². The van der Waals surface area contributed by atoms with Crippen molar-refractivity contribution in [2.24, 2.45) is 0 Å². The molecule has 2 aromatic carbocycles. The number of anilines is 2. The molecule has 2 aromatic rings. The van der Waals surface area contributed by atoms with Crippen LogP contribution in [0, 0.1) is 12.7 Å². The summed E-state index contributed by atoms with van der Waals surface area (Å²) in [6.07, 6.45) is 0. The third kappa shape index (κ3) is 3.47. The van der Waals surface area contributed by atoms with Crippen molar-refractivity contribution < 1.29 is 13.9 Å². The van der Waals surface area contributed by atoms with Crippen molar-refractivity contribution in [3.8, 4) is 5.75 Å². The van der Waals surface area contributed by atoms with Crippen LogP contribution in [-0.2, 0) is 4.79 Å². The highest BCUT2D eigenvalue weighted by Crippen LogP contribution is 2.22. The van der Waals surface area contributed by atoms with Crippen molar-refractivity contribution in [2.75, 3.05) is 17.7 Å². The van der Waals surface area contributed by atoms with Crippen LogP contribution >= 0.6 is 0 Å². The number of rotatable bonds is 4. The van der Waals surface area contributed by atoms with E-state index in [1.807, 2.05) is 13.0 Å². The lowest BCUT2D eigenvalue weighted by molar-refractivity contribution is -0.118. The van der Waals surface area contributed by atoms with E-state index in [2.05, 4.69) is 5.32 Å². The molecule has 0 aliphatic carbocycles. The number of amides is 1. The van der Waals surface area contributed by atoms with Crippen LogP contribution in [0.4, 0.5) is 15.8 Å². The zero-order valence-corrected chi connectivity index (χ0v) is 11.0. The second-order valence-corrected chi connectivity index (χ2v) is 4.36. The smallest absolute Gasteiger partial charge is 0.262 e. The van der Waals surface area contributed by atoms with Crippen molar-refractivity contribution in [1.29, 1.82) is 0 Å². The molecular weight excluding hydrogens is 259 g/mol. The number of hydrogen-bond donors (Lipinski definition) is 2. The monoisotopic (exact) mass is 274 g/mol. The average molecular weight is 274 g/mol. The number of para-hydroxylation sites is 1. The first kappa shape index (κ1) is 13.9. The summed E-state index contributed by atoms with van der Waals surface area (Å²) in [4.78, 5) is 11.7. The topological polar surface area (TPSA) is 64.3 Å². The maximum atomic E-state index is 13.4. The highest BCUT2D eigenvalue weighted by atomic mass is 19.1. The summed E-state index contributed by atoms with van der Waals surface area (Å²) in [6.45, 7) is 1.66. The Balaban J connectivity index is 1.96. The first-order valence-corrected chi connectivity index (χ1v) is 6.09. The predicted molar refractivity (Wildman–Crippen MR) is 76.1 cm³/mol. The van der Waals surface area contributed by atoms with Crippen LogP contribution in [0.25, 0.3) is 0 Å². The van der Waals surface area contributed by atoms with Crippen molar-refractivity contribution in [3.63, 3.8) is 0 Å². The van der Waals surface area contributed by atoms with Gasteiger partial charge in [0, 0.05) is 0 Å². The minimum atomic E-state index is -0.490. The third-order valence-electron chi connectivity index (χ3n) is 2.68. The van der Waals surface area contributed by atoms with Gasteiger partial charge >= 0.3 is 0 Å². The van der Waals surface area contributed by atoms with Crippen molar-refractivity contribution in [1.82, 2.24) is 0 Å². The van der Waals surface area contributed by atoms with Gasteiger partial charge in [-0.2, -0.15) is 0 Å². The Morgan fingerprint density at radius 1 is 1.30 bits per heavy atom. The Hall–Kier alpha value is -2.56. The molecule has 0 atom stereocenters.